The zero-order valence-corrected chi connectivity index (χ0v) is 13.0. The average Bonchev–Trinajstić information content (AvgIpc) is 2.94. The SMILES string of the molecule is CNC(=O)[C@H]1Cc2ccccc2N1C(=O)NC1CCCCC1. The summed E-state index contributed by atoms with van der Waals surface area (Å²) in [5.74, 6) is -0.116. The number of urea groups is 1. The fourth-order valence-corrected chi connectivity index (χ4v) is 3.50. The van der Waals surface area contributed by atoms with Crippen LogP contribution in [-0.2, 0) is 11.2 Å². The van der Waals surface area contributed by atoms with Gasteiger partial charge in [0.2, 0.25) is 5.91 Å². The molecule has 5 heteroatoms. The second-order valence-electron chi connectivity index (χ2n) is 6.12. The standard InChI is InChI=1S/C17H23N3O2/c1-18-16(21)15-11-12-7-5-6-10-14(12)20(15)17(22)19-13-8-3-2-4-9-13/h5-7,10,13,15H,2-4,8-9,11H2,1H3,(H,18,21)(H,19,22)/t15-/m1/s1. The summed E-state index contributed by atoms with van der Waals surface area (Å²) in [4.78, 5) is 26.5. The molecular formula is C17H23N3O2. The van der Waals surface area contributed by atoms with E-state index in [9.17, 15) is 9.59 Å². The Kier molecular flexibility index (Phi) is 4.32. The topological polar surface area (TPSA) is 61.4 Å². The van der Waals surface area contributed by atoms with Gasteiger partial charge in [0.15, 0.2) is 0 Å². The van der Waals surface area contributed by atoms with Gasteiger partial charge >= 0.3 is 6.03 Å². The van der Waals surface area contributed by atoms with Gasteiger partial charge in [0.25, 0.3) is 0 Å². The van der Waals surface area contributed by atoms with Crippen molar-refractivity contribution in [3.05, 3.63) is 29.8 Å². The molecule has 1 saturated carbocycles. The second kappa shape index (κ2) is 6.38. The number of amides is 3. The van der Waals surface area contributed by atoms with Crippen LogP contribution >= 0.6 is 0 Å². The Morgan fingerprint density at radius 3 is 2.59 bits per heavy atom. The summed E-state index contributed by atoms with van der Waals surface area (Å²) in [6, 6.07) is 7.39. The Morgan fingerprint density at radius 2 is 1.86 bits per heavy atom. The van der Waals surface area contributed by atoms with E-state index >= 15 is 0 Å². The van der Waals surface area contributed by atoms with Crippen molar-refractivity contribution in [3.8, 4) is 0 Å². The van der Waals surface area contributed by atoms with E-state index < -0.39 is 6.04 Å². The number of fused-ring (bicyclic) bond motifs is 1. The molecule has 22 heavy (non-hydrogen) atoms. The average molecular weight is 301 g/mol. The van der Waals surface area contributed by atoms with Crippen LogP contribution < -0.4 is 15.5 Å². The molecule has 0 bridgehead atoms. The minimum absolute atomic E-state index is 0.116. The van der Waals surface area contributed by atoms with Crippen LogP contribution in [0.5, 0.6) is 0 Å². The van der Waals surface area contributed by atoms with Gasteiger partial charge in [-0.05, 0) is 24.5 Å². The number of hydrogen-bond acceptors (Lipinski definition) is 2. The molecule has 0 aromatic heterocycles. The van der Waals surface area contributed by atoms with Gasteiger partial charge < -0.3 is 10.6 Å². The van der Waals surface area contributed by atoms with Crippen LogP contribution in [-0.4, -0.2) is 31.1 Å². The smallest absolute Gasteiger partial charge is 0.322 e. The lowest BCUT2D eigenvalue weighted by Gasteiger charge is -2.29. The number of anilines is 1. The van der Waals surface area contributed by atoms with Gasteiger partial charge in [-0.3, -0.25) is 9.69 Å². The lowest BCUT2D eigenvalue weighted by atomic mass is 9.96. The van der Waals surface area contributed by atoms with E-state index in [0.29, 0.717) is 6.42 Å². The monoisotopic (exact) mass is 301 g/mol. The molecule has 3 amide bonds. The molecule has 2 N–H and O–H groups in total. The van der Waals surface area contributed by atoms with E-state index in [0.717, 1.165) is 24.1 Å². The number of nitrogens with zero attached hydrogens (tertiary/aromatic N) is 1. The highest BCUT2D eigenvalue weighted by molar-refractivity contribution is 6.02. The van der Waals surface area contributed by atoms with Crippen molar-refractivity contribution in [2.24, 2.45) is 0 Å². The van der Waals surface area contributed by atoms with Gasteiger partial charge in [0, 0.05) is 25.2 Å². The van der Waals surface area contributed by atoms with Crippen LogP contribution in [0.15, 0.2) is 24.3 Å². The van der Waals surface area contributed by atoms with Crippen LogP contribution in [0.2, 0.25) is 0 Å². The van der Waals surface area contributed by atoms with E-state index in [1.165, 1.54) is 19.3 Å². The predicted octanol–water partition coefficient (Wildman–Crippen LogP) is 2.21. The largest absolute Gasteiger partial charge is 0.357 e. The van der Waals surface area contributed by atoms with Crippen LogP contribution in [0.3, 0.4) is 0 Å². The Morgan fingerprint density at radius 1 is 1.14 bits per heavy atom. The van der Waals surface area contributed by atoms with Crippen molar-refractivity contribution in [3.63, 3.8) is 0 Å². The van der Waals surface area contributed by atoms with Crippen molar-refractivity contribution in [2.75, 3.05) is 11.9 Å². The van der Waals surface area contributed by atoms with E-state index in [1.54, 1.807) is 11.9 Å². The molecule has 3 rings (SSSR count). The third kappa shape index (κ3) is 2.80. The van der Waals surface area contributed by atoms with Gasteiger partial charge in [-0.15, -0.1) is 0 Å². The van der Waals surface area contributed by atoms with Crippen LogP contribution in [0.4, 0.5) is 10.5 Å². The van der Waals surface area contributed by atoms with Gasteiger partial charge in [0.1, 0.15) is 6.04 Å². The molecule has 1 fully saturated rings. The third-order valence-corrected chi connectivity index (χ3v) is 4.68. The summed E-state index contributed by atoms with van der Waals surface area (Å²) in [6.07, 6.45) is 6.23. The van der Waals surface area contributed by atoms with Crippen LogP contribution in [0, 0.1) is 0 Å². The maximum Gasteiger partial charge on any atom is 0.322 e. The van der Waals surface area contributed by atoms with Crippen LogP contribution in [0.1, 0.15) is 37.7 Å². The molecule has 2 aliphatic rings. The molecule has 0 saturated heterocycles. The van der Waals surface area contributed by atoms with E-state index in [1.807, 2.05) is 24.3 Å². The van der Waals surface area contributed by atoms with Gasteiger partial charge in [-0.2, -0.15) is 0 Å². The van der Waals surface area contributed by atoms with Crippen LogP contribution in [0.25, 0.3) is 0 Å². The molecule has 118 valence electrons. The zero-order valence-electron chi connectivity index (χ0n) is 13.0. The number of benzene rings is 1. The Bertz CT molecular complexity index is 567. The fourth-order valence-electron chi connectivity index (χ4n) is 3.50. The normalized spacial score (nSPS) is 21.3. The van der Waals surface area contributed by atoms with Crippen molar-refractivity contribution >= 4 is 17.6 Å². The minimum atomic E-state index is -0.453. The molecule has 1 aliphatic carbocycles. The summed E-state index contributed by atoms with van der Waals surface area (Å²) in [5.41, 5.74) is 1.90. The summed E-state index contributed by atoms with van der Waals surface area (Å²) < 4.78 is 0. The molecule has 0 unspecified atom stereocenters. The first-order valence-electron chi connectivity index (χ1n) is 8.10. The number of hydrogen-bond donors (Lipinski definition) is 2. The maximum absolute atomic E-state index is 12.7. The van der Waals surface area contributed by atoms with Gasteiger partial charge in [-0.1, -0.05) is 37.5 Å². The van der Waals surface area contributed by atoms with E-state index in [-0.39, 0.29) is 18.0 Å². The van der Waals surface area contributed by atoms with Crippen molar-refractivity contribution < 1.29 is 9.59 Å². The summed E-state index contributed by atoms with van der Waals surface area (Å²) in [7, 11) is 1.61. The summed E-state index contributed by atoms with van der Waals surface area (Å²) in [5, 5.41) is 5.79. The number of para-hydroxylation sites is 1. The highest BCUT2D eigenvalue weighted by Crippen LogP contribution is 2.32. The van der Waals surface area contributed by atoms with Gasteiger partial charge in [0.05, 0.1) is 0 Å². The highest BCUT2D eigenvalue weighted by Gasteiger charge is 2.38. The second-order valence-corrected chi connectivity index (χ2v) is 6.12. The molecule has 1 aliphatic heterocycles. The molecule has 1 aromatic carbocycles. The molecular weight excluding hydrogens is 278 g/mol. The first-order valence-corrected chi connectivity index (χ1v) is 8.10. The number of carbonyl (C=O) groups excluding carboxylic acids is 2. The predicted molar refractivity (Wildman–Crippen MR) is 85.9 cm³/mol. The quantitative estimate of drug-likeness (QED) is 0.880. The number of likely N-dealkylation sites (N-methyl/N-ethyl adjacent to an activating group) is 1. The Balaban J connectivity index is 1.80. The van der Waals surface area contributed by atoms with E-state index in [2.05, 4.69) is 10.6 Å². The highest BCUT2D eigenvalue weighted by atomic mass is 16.2. The summed E-state index contributed by atoms with van der Waals surface area (Å²) >= 11 is 0. The van der Waals surface area contributed by atoms with E-state index in [4.69, 9.17) is 0 Å². The molecule has 1 aromatic rings. The number of carbonyl (C=O) groups is 2. The van der Waals surface area contributed by atoms with Crippen molar-refractivity contribution in [1.82, 2.24) is 10.6 Å². The molecule has 1 atom stereocenters. The lowest BCUT2D eigenvalue weighted by molar-refractivity contribution is -0.121. The van der Waals surface area contributed by atoms with Gasteiger partial charge in [-0.25, -0.2) is 4.79 Å². The molecule has 0 radical (unpaired) electrons. The fraction of sp³-hybridized carbons (Fsp3) is 0.529. The molecule has 0 spiro atoms. The number of rotatable bonds is 2. The summed E-state index contributed by atoms with van der Waals surface area (Å²) in [6.45, 7) is 0. The first kappa shape index (κ1) is 14.9. The molecule has 5 nitrogen and oxygen atoms in total. The Hall–Kier alpha value is -2.04. The maximum atomic E-state index is 12.7. The van der Waals surface area contributed by atoms with Crippen molar-refractivity contribution in [2.45, 2.75) is 50.6 Å². The lowest BCUT2D eigenvalue weighted by Crippen LogP contribution is -2.53. The number of nitrogens with one attached hydrogen (secondary N) is 2. The third-order valence-electron chi connectivity index (χ3n) is 4.68. The zero-order chi connectivity index (χ0) is 15.5. The first-order chi connectivity index (χ1) is 10.7. The van der Waals surface area contributed by atoms with Crippen molar-refractivity contribution in [1.29, 1.82) is 0 Å². The Labute approximate surface area is 131 Å². The minimum Gasteiger partial charge on any atom is -0.357 e. The molecule has 1 heterocycles.